The van der Waals surface area contributed by atoms with Gasteiger partial charge < -0.3 is 15.4 Å². The van der Waals surface area contributed by atoms with E-state index in [1.807, 2.05) is 18.7 Å². The average Bonchev–Trinajstić information content (AvgIpc) is 2.42. The summed E-state index contributed by atoms with van der Waals surface area (Å²) in [7, 11) is 0. The summed E-state index contributed by atoms with van der Waals surface area (Å²) in [6.07, 6.45) is -4.53. The Morgan fingerprint density at radius 3 is 2.48 bits per heavy atom. The number of nitrogen functional groups attached to an aromatic ring is 1. The molecule has 3 N–H and O–H groups in total. The van der Waals surface area contributed by atoms with Crippen molar-refractivity contribution in [1.82, 2.24) is 0 Å². The van der Waals surface area contributed by atoms with Gasteiger partial charge >= 0.3 is 6.18 Å². The zero-order valence-corrected chi connectivity index (χ0v) is 12.1. The summed E-state index contributed by atoms with van der Waals surface area (Å²) in [5.41, 5.74) is 4.69. The molecular weight excluding hydrogens is 283 g/mol. The second-order valence-corrected chi connectivity index (χ2v) is 4.42. The summed E-state index contributed by atoms with van der Waals surface area (Å²) in [5.74, 6) is -0.593. The van der Waals surface area contributed by atoms with E-state index in [9.17, 15) is 13.2 Å². The number of benzene rings is 1. The molecule has 0 spiro atoms. The van der Waals surface area contributed by atoms with Gasteiger partial charge in [-0.3, -0.25) is 5.41 Å². The maximum absolute atomic E-state index is 12.9. The fourth-order valence-corrected chi connectivity index (χ4v) is 1.99. The molecule has 0 aliphatic carbocycles. The monoisotopic (exact) mass is 303 g/mol. The first-order chi connectivity index (χ1) is 9.81. The zero-order chi connectivity index (χ0) is 16.0. The van der Waals surface area contributed by atoms with E-state index < -0.39 is 17.6 Å². The number of halogens is 3. The highest BCUT2D eigenvalue weighted by molar-refractivity contribution is 5.97. The first-order valence-corrected chi connectivity index (χ1v) is 6.69. The number of likely N-dealkylation sites (N-methyl/N-ethyl adjacent to an activating group) is 1. The van der Waals surface area contributed by atoms with E-state index in [0.29, 0.717) is 32.0 Å². The predicted octanol–water partition coefficient (Wildman–Crippen LogP) is 2.85. The van der Waals surface area contributed by atoms with E-state index in [-0.39, 0.29) is 5.56 Å². The smallest absolute Gasteiger partial charge is 0.384 e. The van der Waals surface area contributed by atoms with Gasteiger partial charge in [0.2, 0.25) is 0 Å². The maximum atomic E-state index is 12.9. The van der Waals surface area contributed by atoms with Crippen molar-refractivity contribution < 1.29 is 17.9 Å². The Balaban J connectivity index is 3.09. The van der Waals surface area contributed by atoms with Gasteiger partial charge in [-0.25, -0.2) is 0 Å². The van der Waals surface area contributed by atoms with Gasteiger partial charge in [-0.15, -0.1) is 0 Å². The Hall–Kier alpha value is -1.76. The molecule has 0 bridgehead atoms. The van der Waals surface area contributed by atoms with Crippen LogP contribution < -0.4 is 10.6 Å². The normalized spacial score (nSPS) is 11.5. The molecule has 7 heteroatoms. The highest BCUT2D eigenvalue weighted by Crippen LogP contribution is 2.33. The number of nitrogens with zero attached hydrogens (tertiary/aromatic N) is 1. The summed E-state index contributed by atoms with van der Waals surface area (Å²) in [4.78, 5) is 1.88. The highest BCUT2D eigenvalue weighted by Gasteiger charge is 2.34. The summed E-state index contributed by atoms with van der Waals surface area (Å²) in [5, 5.41) is 7.35. The Bertz CT molecular complexity index is 489. The number of alkyl halides is 3. The zero-order valence-electron chi connectivity index (χ0n) is 12.1. The predicted molar refractivity (Wildman–Crippen MR) is 76.8 cm³/mol. The van der Waals surface area contributed by atoms with Crippen LogP contribution in [0.5, 0.6) is 0 Å². The molecule has 0 unspecified atom stereocenters. The Morgan fingerprint density at radius 1 is 1.33 bits per heavy atom. The SMILES string of the molecule is CCOCCN(CC)c1ccc(C(F)(F)F)c(C(=N)N)c1. The third-order valence-electron chi connectivity index (χ3n) is 3.06. The van der Waals surface area contributed by atoms with Crippen LogP contribution in [0.3, 0.4) is 0 Å². The minimum Gasteiger partial charge on any atom is -0.384 e. The van der Waals surface area contributed by atoms with Crippen molar-refractivity contribution in [2.45, 2.75) is 20.0 Å². The molecule has 0 amide bonds. The first-order valence-electron chi connectivity index (χ1n) is 6.69. The highest BCUT2D eigenvalue weighted by atomic mass is 19.4. The summed E-state index contributed by atoms with van der Waals surface area (Å²) in [6, 6.07) is 3.67. The molecule has 0 fully saturated rings. The standard InChI is InChI=1S/C14H20F3N3O/c1-3-20(7-8-21-4-2)10-5-6-12(14(15,16)17)11(9-10)13(18)19/h5-6,9H,3-4,7-8H2,1-2H3,(H3,18,19). The van der Waals surface area contributed by atoms with Crippen molar-refractivity contribution in [2.24, 2.45) is 5.73 Å². The summed E-state index contributed by atoms with van der Waals surface area (Å²) >= 11 is 0. The van der Waals surface area contributed by atoms with E-state index in [1.165, 1.54) is 12.1 Å². The minimum atomic E-state index is -4.53. The number of anilines is 1. The van der Waals surface area contributed by atoms with Crippen LogP contribution in [0.25, 0.3) is 0 Å². The van der Waals surface area contributed by atoms with Gasteiger partial charge in [-0.2, -0.15) is 13.2 Å². The van der Waals surface area contributed by atoms with Crippen LogP contribution in [0.15, 0.2) is 18.2 Å². The molecule has 0 heterocycles. The van der Waals surface area contributed by atoms with Crippen LogP contribution in [0.2, 0.25) is 0 Å². The van der Waals surface area contributed by atoms with Crippen LogP contribution >= 0.6 is 0 Å². The largest absolute Gasteiger partial charge is 0.417 e. The van der Waals surface area contributed by atoms with Crippen LogP contribution in [0.4, 0.5) is 18.9 Å². The van der Waals surface area contributed by atoms with Gasteiger partial charge in [-0.1, -0.05) is 0 Å². The van der Waals surface area contributed by atoms with Crippen molar-refractivity contribution in [2.75, 3.05) is 31.2 Å². The molecule has 0 saturated heterocycles. The number of rotatable bonds is 7. The second kappa shape index (κ2) is 7.31. The molecule has 21 heavy (non-hydrogen) atoms. The fraction of sp³-hybridized carbons (Fsp3) is 0.500. The lowest BCUT2D eigenvalue weighted by Crippen LogP contribution is -2.28. The molecular formula is C14H20F3N3O. The fourth-order valence-electron chi connectivity index (χ4n) is 1.99. The van der Waals surface area contributed by atoms with Crippen molar-refractivity contribution in [3.8, 4) is 0 Å². The lowest BCUT2D eigenvalue weighted by Gasteiger charge is -2.24. The maximum Gasteiger partial charge on any atom is 0.417 e. The molecule has 1 aromatic rings. The van der Waals surface area contributed by atoms with Crippen LogP contribution in [0.1, 0.15) is 25.0 Å². The molecule has 0 atom stereocenters. The number of hydrogen-bond acceptors (Lipinski definition) is 3. The molecule has 0 saturated carbocycles. The lowest BCUT2D eigenvalue weighted by atomic mass is 10.0. The van der Waals surface area contributed by atoms with Crippen LogP contribution in [0, 0.1) is 5.41 Å². The van der Waals surface area contributed by atoms with Gasteiger partial charge in [0.1, 0.15) is 5.84 Å². The topological polar surface area (TPSA) is 62.3 Å². The molecule has 1 rings (SSSR count). The van der Waals surface area contributed by atoms with Crippen molar-refractivity contribution in [3.63, 3.8) is 0 Å². The van der Waals surface area contributed by atoms with Gasteiger partial charge in [-0.05, 0) is 32.0 Å². The van der Waals surface area contributed by atoms with Crippen LogP contribution in [-0.2, 0) is 10.9 Å². The molecule has 118 valence electrons. The summed E-state index contributed by atoms with van der Waals surface area (Å²) in [6.45, 7) is 6.03. The number of amidine groups is 1. The Kier molecular flexibility index (Phi) is 6.02. The molecule has 0 aliphatic heterocycles. The van der Waals surface area contributed by atoms with Gasteiger partial charge in [0.05, 0.1) is 12.2 Å². The van der Waals surface area contributed by atoms with Gasteiger partial charge in [0, 0.05) is 30.9 Å². The van der Waals surface area contributed by atoms with E-state index in [2.05, 4.69) is 0 Å². The molecule has 0 aromatic heterocycles. The number of hydrogen-bond donors (Lipinski definition) is 2. The number of nitrogens with two attached hydrogens (primary N) is 1. The number of nitrogens with one attached hydrogen (secondary N) is 1. The van der Waals surface area contributed by atoms with Gasteiger partial charge in [0.25, 0.3) is 0 Å². The third-order valence-corrected chi connectivity index (χ3v) is 3.06. The Morgan fingerprint density at radius 2 is 2.00 bits per heavy atom. The van der Waals surface area contributed by atoms with Crippen LogP contribution in [-0.4, -0.2) is 32.1 Å². The minimum absolute atomic E-state index is 0.296. The molecule has 0 aliphatic rings. The molecule has 0 radical (unpaired) electrons. The third kappa shape index (κ3) is 4.63. The quantitative estimate of drug-likeness (QED) is 0.462. The van der Waals surface area contributed by atoms with Gasteiger partial charge in [0.15, 0.2) is 0 Å². The molecule has 4 nitrogen and oxygen atoms in total. The van der Waals surface area contributed by atoms with E-state index in [0.717, 1.165) is 6.07 Å². The van der Waals surface area contributed by atoms with Crippen molar-refractivity contribution in [3.05, 3.63) is 29.3 Å². The van der Waals surface area contributed by atoms with E-state index >= 15 is 0 Å². The number of ether oxygens (including phenoxy) is 1. The summed E-state index contributed by atoms with van der Waals surface area (Å²) < 4.78 is 43.9. The van der Waals surface area contributed by atoms with E-state index in [4.69, 9.17) is 15.9 Å². The van der Waals surface area contributed by atoms with Crippen molar-refractivity contribution >= 4 is 11.5 Å². The lowest BCUT2D eigenvalue weighted by molar-refractivity contribution is -0.137. The van der Waals surface area contributed by atoms with Crippen molar-refractivity contribution in [1.29, 1.82) is 5.41 Å². The molecule has 1 aromatic carbocycles. The Labute approximate surface area is 122 Å². The van der Waals surface area contributed by atoms with E-state index in [1.54, 1.807) is 0 Å². The second-order valence-electron chi connectivity index (χ2n) is 4.42. The first kappa shape index (κ1) is 17.3. The average molecular weight is 303 g/mol.